The molecule has 2 unspecified atom stereocenters. The highest BCUT2D eigenvalue weighted by Gasteiger charge is 2.39. The van der Waals surface area contributed by atoms with Crippen LogP contribution in [0, 0.1) is 0 Å². The largest absolute Gasteiger partial charge is 0.356 e. The summed E-state index contributed by atoms with van der Waals surface area (Å²) in [5.74, 6) is 1.75. The van der Waals surface area contributed by atoms with Crippen LogP contribution in [0.5, 0.6) is 0 Å². The molecule has 0 bridgehead atoms. The summed E-state index contributed by atoms with van der Waals surface area (Å²) in [6.07, 6.45) is 6.62. The van der Waals surface area contributed by atoms with Gasteiger partial charge in [-0.3, -0.25) is 4.90 Å². The van der Waals surface area contributed by atoms with E-state index in [-0.39, 0.29) is 0 Å². The summed E-state index contributed by atoms with van der Waals surface area (Å²) in [7, 11) is 0. The fraction of sp³-hybridized carbons (Fsp3) is 0.846. The van der Waals surface area contributed by atoms with E-state index >= 15 is 0 Å². The standard InChI is InChI=1S/C13H20N4S/c1-8-6-10(7-17(8)11-4-5-11)14-13-15-12(16-18-13)9-2-3-9/h8-11H,2-7H2,1H3,(H,14,15,16). The van der Waals surface area contributed by atoms with E-state index < -0.39 is 0 Å². The number of hydrogen-bond acceptors (Lipinski definition) is 5. The summed E-state index contributed by atoms with van der Waals surface area (Å²) < 4.78 is 4.46. The van der Waals surface area contributed by atoms with E-state index in [1.807, 2.05) is 0 Å². The summed E-state index contributed by atoms with van der Waals surface area (Å²) in [6.45, 7) is 3.54. The molecule has 1 aromatic rings. The zero-order valence-electron chi connectivity index (χ0n) is 10.8. The molecule has 2 atom stereocenters. The van der Waals surface area contributed by atoms with E-state index in [0.29, 0.717) is 12.0 Å². The van der Waals surface area contributed by atoms with Gasteiger partial charge < -0.3 is 5.32 Å². The van der Waals surface area contributed by atoms with Gasteiger partial charge in [0.05, 0.1) is 0 Å². The molecule has 0 aromatic carbocycles. The van der Waals surface area contributed by atoms with Crippen molar-refractivity contribution < 1.29 is 0 Å². The van der Waals surface area contributed by atoms with Crippen molar-refractivity contribution in [2.75, 3.05) is 11.9 Å². The minimum Gasteiger partial charge on any atom is -0.356 e. The SMILES string of the molecule is CC1CC(Nc2nc(C3CC3)ns2)CN1C1CC1. The van der Waals surface area contributed by atoms with Gasteiger partial charge in [0.25, 0.3) is 0 Å². The van der Waals surface area contributed by atoms with Crippen molar-refractivity contribution in [3.63, 3.8) is 0 Å². The zero-order chi connectivity index (χ0) is 12.1. The van der Waals surface area contributed by atoms with Crippen molar-refractivity contribution in [1.82, 2.24) is 14.3 Å². The first-order chi connectivity index (χ1) is 8.79. The first-order valence-corrected chi connectivity index (χ1v) is 7.93. The number of anilines is 1. The maximum atomic E-state index is 4.62. The second-order valence-corrected chi connectivity index (χ2v) is 6.84. The van der Waals surface area contributed by atoms with E-state index in [0.717, 1.165) is 23.0 Å². The lowest BCUT2D eigenvalue weighted by Crippen LogP contribution is -2.30. The number of nitrogens with one attached hydrogen (secondary N) is 1. The van der Waals surface area contributed by atoms with Crippen LogP contribution in [0.4, 0.5) is 5.13 Å². The fourth-order valence-electron chi connectivity index (χ4n) is 3.05. The molecule has 0 spiro atoms. The molecule has 5 heteroatoms. The Morgan fingerprint density at radius 3 is 2.83 bits per heavy atom. The maximum absolute atomic E-state index is 4.62. The minimum atomic E-state index is 0.570. The van der Waals surface area contributed by atoms with Crippen LogP contribution in [-0.2, 0) is 0 Å². The van der Waals surface area contributed by atoms with Gasteiger partial charge in [0.1, 0.15) is 5.82 Å². The second-order valence-electron chi connectivity index (χ2n) is 6.09. The third-order valence-electron chi connectivity index (χ3n) is 4.35. The van der Waals surface area contributed by atoms with Crippen molar-refractivity contribution >= 4 is 16.7 Å². The number of nitrogens with zero attached hydrogens (tertiary/aromatic N) is 3. The van der Waals surface area contributed by atoms with Gasteiger partial charge in [-0.2, -0.15) is 4.37 Å². The summed E-state index contributed by atoms with van der Waals surface area (Å²) in [4.78, 5) is 7.29. The van der Waals surface area contributed by atoms with Crippen molar-refractivity contribution in [1.29, 1.82) is 0 Å². The first-order valence-electron chi connectivity index (χ1n) is 7.15. The van der Waals surface area contributed by atoms with Crippen molar-refractivity contribution in [3.8, 4) is 0 Å². The average Bonchev–Trinajstić information content (AvgIpc) is 3.27. The molecular formula is C13H20N4S. The molecule has 3 aliphatic rings. The molecule has 3 fully saturated rings. The Morgan fingerprint density at radius 1 is 1.28 bits per heavy atom. The third-order valence-corrected chi connectivity index (χ3v) is 5.01. The predicted octanol–water partition coefficient (Wildman–Crippen LogP) is 2.45. The zero-order valence-corrected chi connectivity index (χ0v) is 11.6. The molecular weight excluding hydrogens is 244 g/mol. The Labute approximate surface area is 112 Å². The van der Waals surface area contributed by atoms with Crippen LogP contribution in [0.15, 0.2) is 0 Å². The van der Waals surface area contributed by atoms with Gasteiger partial charge in [-0.25, -0.2) is 4.98 Å². The first kappa shape index (κ1) is 11.2. The van der Waals surface area contributed by atoms with E-state index in [2.05, 4.69) is 26.5 Å². The van der Waals surface area contributed by atoms with Gasteiger partial charge in [0, 0.05) is 42.1 Å². The smallest absolute Gasteiger partial charge is 0.202 e. The predicted molar refractivity (Wildman–Crippen MR) is 73.1 cm³/mol. The fourth-order valence-corrected chi connectivity index (χ4v) is 3.77. The van der Waals surface area contributed by atoms with Crippen molar-refractivity contribution in [2.45, 2.75) is 63.1 Å². The van der Waals surface area contributed by atoms with Gasteiger partial charge in [-0.1, -0.05) is 0 Å². The summed E-state index contributed by atoms with van der Waals surface area (Å²) >= 11 is 1.54. The molecule has 2 heterocycles. The van der Waals surface area contributed by atoms with Gasteiger partial charge in [-0.15, -0.1) is 0 Å². The van der Waals surface area contributed by atoms with Gasteiger partial charge in [0.2, 0.25) is 5.13 Å². The summed E-state index contributed by atoms with van der Waals surface area (Å²) in [5.41, 5.74) is 0. The van der Waals surface area contributed by atoms with Crippen LogP contribution < -0.4 is 5.32 Å². The molecule has 1 saturated heterocycles. The molecule has 98 valence electrons. The Bertz CT molecular complexity index is 438. The molecule has 1 aromatic heterocycles. The van der Waals surface area contributed by atoms with Crippen molar-refractivity contribution in [3.05, 3.63) is 5.82 Å². The van der Waals surface area contributed by atoms with Crippen LogP contribution in [0.2, 0.25) is 0 Å². The van der Waals surface area contributed by atoms with Gasteiger partial charge >= 0.3 is 0 Å². The Hall–Kier alpha value is -0.680. The molecule has 0 amide bonds. The van der Waals surface area contributed by atoms with Crippen LogP contribution in [0.25, 0.3) is 0 Å². The molecule has 4 rings (SSSR count). The molecule has 0 radical (unpaired) electrons. The molecule has 2 aliphatic carbocycles. The monoisotopic (exact) mass is 264 g/mol. The minimum absolute atomic E-state index is 0.570. The lowest BCUT2D eigenvalue weighted by Gasteiger charge is -2.19. The molecule has 4 nitrogen and oxygen atoms in total. The van der Waals surface area contributed by atoms with E-state index in [1.54, 1.807) is 11.5 Å². The van der Waals surface area contributed by atoms with Gasteiger partial charge in [0.15, 0.2) is 0 Å². The highest BCUT2D eigenvalue weighted by molar-refractivity contribution is 7.09. The third kappa shape index (κ3) is 2.14. The van der Waals surface area contributed by atoms with Crippen molar-refractivity contribution in [2.24, 2.45) is 0 Å². The Balaban J connectivity index is 1.38. The highest BCUT2D eigenvalue weighted by Crippen LogP contribution is 2.39. The van der Waals surface area contributed by atoms with E-state index in [9.17, 15) is 0 Å². The number of aromatic nitrogens is 2. The van der Waals surface area contributed by atoms with Crippen LogP contribution in [0.1, 0.15) is 50.8 Å². The maximum Gasteiger partial charge on any atom is 0.202 e. The lowest BCUT2D eigenvalue weighted by molar-refractivity contribution is 0.257. The lowest BCUT2D eigenvalue weighted by atomic mass is 10.2. The molecule has 1 aliphatic heterocycles. The Kier molecular flexibility index (Phi) is 2.59. The quantitative estimate of drug-likeness (QED) is 0.907. The summed E-state index contributed by atoms with van der Waals surface area (Å²) in [5, 5.41) is 4.62. The molecule has 18 heavy (non-hydrogen) atoms. The highest BCUT2D eigenvalue weighted by atomic mass is 32.1. The number of rotatable bonds is 4. The van der Waals surface area contributed by atoms with Crippen LogP contribution in [-0.4, -0.2) is 38.9 Å². The van der Waals surface area contributed by atoms with Crippen LogP contribution in [0.3, 0.4) is 0 Å². The summed E-state index contributed by atoms with van der Waals surface area (Å²) in [6, 6.07) is 2.18. The van der Waals surface area contributed by atoms with E-state index in [4.69, 9.17) is 0 Å². The average molecular weight is 264 g/mol. The number of likely N-dealkylation sites (tertiary alicyclic amines) is 1. The topological polar surface area (TPSA) is 41.1 Å². The number of hydrogen-bond donors (Lipinski definition) is 1. The molecule has 2 saturated carbocycles. The Morgan fingerprint density at radius 2 is 2.11 bits per heavy atom. The normalized spacial score (nSPS) is 32.9. The van der Waals surface area contributed by atoms with Gasteiger partial charge in [-0.05, 0) is 39.0 Å². The van der Waals surface area contributed by atoms with E-state index in [1.165, 1.54) is 38.6 Å². The molecule has 1 N–H and O–H groups in total. The second kappa shape index (κ2) is 4.17. The van der Waals surface area contributed by atoms with Crippen LogP contribution >= 0.6 is 11.5 Å².